The van der Waals surface area contributed by atoms with Gasteiger partial charge in [-0.05, 0) is 29.8 Å². The van der Waals surface area contributed by atoms with Crippen molar-refractivity contribution in [2.45, 2.75) is 5.92 Å². The monoisotopic (exact) mass is 404 g/mol. The van der Waals surface area contributed by atoms with Crippen LogP contribution in [0.5, 0.6) is 23.1 Å². The molecule has 0 bridgehead atoms. The summed E-state index contributed by atoms with van der Waals surface area (Å²) in [6.45, 7) is 0. The molecule has 0 fully saturated rings. The van der Waals surface area contributed by atoms with Crippen molar-refractivity contribution in [2.24, 2.45) is 5.73 Å². The number of nitrogens with two attached hydrogens (primary N) is 1. The summed E-state index contributed by atoms with van der Waals surface area (Å²) in [6.07, 6.45) is 0. The summed E-state index contributed by atoms with van der Waals surface area (Å²) < 4.78 is 21.8. The number of aromatic amines is 1. The molecule has 0 unspecified atom stereocenters. The van der Waals surface area contributed by atoms with Crippen LogP contribution in [0.4, 0.5) is 0 Å². The molecular weight excluding hydrogens is 384 g/mol. The molecule has 3 aromatic rings. The van der Waals surface area contributed by atoms with Crippen molar-refractivity contribution in [3.05, 3.63) is 65.0 Å². The highest BCUT2D eigenvalue weighted by molar-refractivity contribution is 5.72. The lowest BCUT2D eigenvalue weighted by atomic mass is 9.83. The van der Waals surface area contributed by atoms with Gasteiger partial charge in [0.1, 0.15) is 17.4 Å². The maximum absolute atomic E-state index is 9.85. The van der Waals surface area contributed by atoms with E-state index >= 15 is 0 Å². The van der Waals surface area contributed by atoms with Crippen LogP contribution in [0, 0.1) is 11.3 Å². The Kier molecular flexibility index (Phi) is 4.94. The number of nitriles is 1. The van der Waals surface area contributed by atoms with Crippen LogP contribution in [-0.2, 0) is 0 Å². The van der Waals surface area contributed by atoms with Crippen LogP contribution in [0.25, 0.3) is 11.3 Å². The molecule has 2 aromatic carbocycles. The number of nitrogens with zero attached hydrogens (tertiary/aromatic N) is 2. The summed E-state index contributed by atoms with van der Waals surface area (Å²) in [4.78, 5) is 0. The van der Waals surface area contributed by atoms with Crippen molar-refractivity contribution in [2.75, 3.05) is 21.3 Å². The first kappa shape index (κ1) is 19.2. The SMILES string of the molecule is COc1cccc(-c2[nH]nc3c2[C@H](c2ccc(OC)c(OC)c2)C(C#N)=C(N)O3)c1. The summed E-state index contributed by atoms with van der Waals surface area (Å²) in [7, 11) is 4.74. The summed E-state index contributed by atoms with van der Waals surface area (Å²) in [5, 5.41) is 17.2. The largest absolute Gasteiger partial charge is 0.497 e. The summed E-state index contributed by atoms with van der Waals surface area (Å²) in [5.74, 6) is 1.68. The summed E-state index contributed by atoms with van der Waals surface area (Å²) >= 11 is 0. The molecule has 1 aromatic heterocycles. The Balaban J connectivity index is 1.93. The quantitative estimate of drug-likeness (QED) is 0.670. The Morgan fingerprint density at radius 2 is 1.87 bits per heavy atom. The number of allylic oxidation sites excluding steroid dienone is 1. The number of hydrogen-bond donors (Lipinski definition) is 2. The number of rotatable bonds is 5. The van der Waals surface area contributed by atoms with Gasteiger partial charge in [-0.15, -0.1) is 5.10 Å². The lowest BCUT2D eigenvalue weighted by Gasteiger charge is -2.24. The summed E-state index contributed by atoms with van der Waals surface area (Å²) in [5.41, 5.74) is 9.41. The molecular formula is C22H20N4O4. The number of nitrogens with one attached hydrogen (secondary N) is 1. The maximum atomic E-state index is 9.85. The van der Waals surface area contributed by atoms with E-state index in [-0.39, 0.29) is 5.88 Å². The minimum absolute atomic E-state index is 0.0217. The second-order valence-electron chi connectivity index (χ2n) is 6.59. The van der Waals surface area contributed by atoms with Gasteiger partial charge in [0.05, 0.1) is 38.5 Å². The molecule has 0 amide bonds. The van der Waals surface area contributed by atoms with Crippen molar-refractivity contribution < 1.29 is 18.9 Å². The van der Waals surface area contributed by atoms with Crippen molar-refractivity contribution in [3.63, 3.8) is 0 Å². The second-order valence-corrected chi connectivity index (χ2v) is 6.59. The van der Waals surface area contributed by atoms with Crippen LogP contribution in [-0.4, -0.2) is 31.5 Å². The first-order valence-electron chi connectivity index (χ1n) is 9.13. The van der Waals surface area contributed by atoms with Crippen molar-refractivity contribution in [1.82, 2.24) is 10.2 Å². The lowest BCUT2D eigenvalue weighted by Crippen LogP contribution is -2.21. The van der Waals surface area contributed by atoms with Gasteiger partial charge in [0.2, 0.25) is 11.8 Å². The Morgan fingerprint density at radius 1 is 1.07 bits per heavy atom. The van der Waals surface area contributed by atoms with Crippen LogP contribution < -0.4 is 24.7 Å². The van der Waals surface area contributed by atoms with Gasteiger partial charge >= 0.3 is 0 Å². The van der Waals surface area contributed by atoms with Gasteiger partial charge in [-0.25, -0.2) is 0 Å². The molecule has 152 valence electrons. The van der Waals surface area contributed by atoms with Gasteiger partial charge in [-0.1, -0.05) is 18.2 Å². The minimum Gasteiger partial charge on any atom is -0.497 e. The minimum atomic E-state index is -0.501. The third-order valence-electron chi connectivity index (χ3n) is 5.04. The lowest BCUT2D eigenvalue weighted by molar-refractivity contribution is 0.354. The highest BCUT2D eigenvalue weighted by Gasteiger charge is 2.36. The topological polar surface area (TPSA) is 115 Å². The van der Waals surface area contributed by atoms with Crippen molar-refractivity contribution in [1.29, 1.82) is 5.26 Å². The molecule has 0 saturated heterocycles. The van der Waals surface area contributed by atoms with Crippen LogP contribution in [0.2, 0.25) is 0 Å². The van der Waals surface area contributed by atoms with E-state index in [9.17, 15) is 5.26 Å². The molecule has 0 spiro atoms. The van der Waals surface area contributed by atoms with E-state index in [0.29, 0.717) is 40.0 Å². The zero-order chi connectivity index (χ0) is 21.3. The van der Waals surface area contributed by atoms with E-state index in [0.717, 1.165) is 11.1 Å². The molecule has 0 aliphatic carbocycles. The average Bonchev–Trinajstić information content (AvgIpc) is 3.20. The van der Waals surface area contributed by atoms with Crippen LogP contribution in [0.15, 0.2) is 53.9 Å². The van der Waals surface area contributed by atoms with Gasteiger partial charge in [-0.3, -0.25) is 5.10 Å². The highest BCUT2D eigenvalue weighted by atomic mass is 16.5. The van der Waals surface area contributed by atoms with E-state index < -0.39 is 5.92 Å². The zero-order valence-corrected chi connectivity index (χ0v) is 16.7. The molecule has 0 radical (unpaired) electrons. The van der Waals surface area contributed by atoms with Crippen molar-refractivity contribution in [3.8, 4) is 40.5 Å². The van der Waals surface area contributed by atoms with Crippen molar-refractivity contribution >= 4 is 0 Å². The number of H-pyrrole nitrogens is 1. The van der Waals surface area contributed by atoms with Gasteiger partial charge in [-0.2, -0.15) is 5.26 Å². The maximum Gasteiger partial charge on any atom is 0.244 e. The number of fused-ring (bicyclic) bond motifs is 1. The smallest absolute Gasteiger partial charge is 0.244 e. The van der Waals surface area contributed by atoms with Gasteiger partial charge < -0.3 is 24.7 Å². The van der Waals surface area contributed by atoms with Crippen LogP contribution in [0.3, 0.4) is 0 Å². The van der Waals surface area contributed by atoms with E-state index in [4.69, 9.17) is 24.7 Å². The predicted octanol–water partition coefficient (Wildman–Crippen LogP) is 3.32. The van der Waals surface area contributed by atoms with Crippen LogP contribution >= 0.6 is 0 Å². The van der Waals surface area contributed by atoms with E-state index in [1.54, 1.807) is 27.4 Å². The normalized spacial score (nSPS) is 15.1. The number of ether oxygens (including phenoxy) is 4. The molecule has 2 heterocycles. The van der Waals surface area contributed by atoms with Crippen LogP contribution in [0.1, 0.15) is 17.0 Å². The molecule has 1 aliphatic heterocycles. The fourth-order valence-corrected chi connectivity index (χ4v) is 3.61. The number of aromatic nitrogens is 2. The van der Waals surface area contributed by atoms with E-state index in [1.165, 1.54) is 0 Å². The third-order valence-corrected chi connectivity index (χ3v) is 5.04. The number of benzene rings is 2. The van der Waals surface area contributed by atoms with Gasteiger partial charge in [0.15, 0.2) is 11.5 Å². The Hall–Kier alpha value is -4.12. The molecule has 1 aliphatic rings. The summed E-state index contributed by atoms with van der Waals surface area (Å²) in [6, 6.07) is 15.2. The Labute approximate surface area is 173 Å². The van der Waals surface area contributed by atoms with E-state index in [2.05, 4.69) is 16.3 Å². The zero-order valence-electron chi connectivity index (χ0n) is 16.7. The standard InChI is InChI=1S/C22H20N4O4/c1-27-14-6-4-5-13(9-14)20-19-18(12-7-8-16(28-2)17(10-12)29-3)15(11-23)21(24)30-22(19)26-25-20/h4-10,18H,24H2,1-3H3,(H,25,26)/t18-/m1/s1. The first-order valence-corrected chi connectivity index (χ1v) is 9.13. The van der Waals surface area contributed by atoms with Gasteiger partial charge in [0.25, 0.3) is 0 Å². The molecule has 3 N–H and O–H groups in total. The molecule has 4 rings (SSSR count). The molecule has 8 heteroatoms. The number of hydrogen-bond acceptors (Lipinski definition) is 7. The number of methoxy groups -OCH3 is 3. The first-order chi connectivity index (χ1) is 14.6. The second kappa shape index (κ2) is 7.72. The van der Waals surface area contributed by atoms with E-state index in [1.807, 2.05) is 36.4 Å². The highest BCUT2D eigenvalue weighted by Crippen LogP contribution is 2.47. The Bertz CT molecular complexity index is 1180. The molecule has 8 nitrogen and oxygen atoms in total. The Morgan fingerprint density at radius 3 is 2.57 bits per heavy atom. The third kappa shape index (κ3) is 3.06. The van der Waals surface area contributed by atoms with Gasteiger partial charge in [0, 0.05) is 5.56 Å². The molecule has 0 saturated carbocycles. The fraction of sp³-hybridized carbons (Fsp3) is 0.182. The average molecular weight is 404 g/mol. The fourth-order valence-electron chi connectivity index (χ4n) is 3.61. The molecule has 1 atom stereocenters. The predicted molar refractivity (Wildman–Crippen MR) is 109 cm³/mol. The molecule has 30 heavy (non-hydrogen) atoms.